The molecule has 7 heteroatoms. The maximum Gasteiger partial charge on any atom is 0.261 e. The Labute approximate surface area is 108 Å². The van der Waals surface area contributed by atoms with Crippen LogP contribution in [0.3, 0.4) is 0 Å². The summed E-state index contributed by atoms with van der Waals surface area (Å²) in [5, 5.41) is 14.2. The van der Waals surface area contributed by atoms with Crippen LogP contribution in [0.4, 0.5) is 0 Å². The minimum absolute atomic E-state index is 0.0985. The maximum absolute atomic E-state index is 11.8. The lowest BCUT2D eigenvalue weighted by atomic mass is 10.1. The number of nitrogens with zero attached hydrogens (tertiary/aromatic N) is 1. The van der Waals surface area contributed by atoms with Crippen LogP contribution in [0.15, 0.2) is 17.3 Å². The quantitative estimate of drug-likeness (QED) is 0.333. The van der Waals surface area contributed by atoms with E-state index in [1.807, 2.05) is 6.92 Å². The van der Waals surface area contributed by atoms with Gasteiger partial charge in [-0.2, -0.15) is 0 Å². The molecule has 1 amide bonds. The van der Waals surface area contributed by atoms with E-state index in [0.29, 0.717) is 22.1 Å². The van der Waals surface area contributed by atoms with E-state index in [-0.39, 0.29) is 17.8 Å². The molecule has 1 unspecified atom stereocenters. The smallest absolute Gasteiger partial charge is 0.261 e. The minimum Gasteiger partial charge on any atom is -0.409 e. The highest BCUT2D eigenvalue weighted by atomic mass is 35.5. The summed E-state index contributed by atoms with van der Waals surface area (Å²) in [5.41, 5.74) is 5.40. The summed E-state index contributed by atoms with van der Waals surface area (Å²) in [7, 11) is 0. The van der Waals surface area contributed by atoms with Crippen LogP contribution in [0.1, 0.15) is 29.4 Å². The maximum atomic E-state index is 11.8. The number of oxime groups is 1. The molecule has 0 fully saturated rings. The van der Waals surface area contributed by atoms with Crippen molar-refractivity contribution in [2.24, 2.45) is 10.9 Å². The van der Waals surface area contributed by atoms with Crippen LogP contribution >= 0.6 is 22.9 Å². The van der Waals surface area contributed by atoms with Crippen LogP contribution in [0.25, 0.3) is 0 Å². The van der Waals surface area contributed by atoms with Crippen LogP contribution in [-0.2, 0) is 0 Å². The molecule has 1 aromatic heterocycles. The fourth-order valence-electron chi connectivity index (χ4n) is 1.28. The number of carbonyl (C=O) groups is 1. The Morgan fingerprint density at radius 2 is 2.41 bits per heavy atom. The Kier molecular flexibility index (Phi) is 5.24. The molecule has 0 aliphatic heterocycles. The molecule has 0 bridgehead atoms. The highest BCUT2D eigenvalue weighted by Gasteiger charge is 2.15. The second-order valence-electron chi connectivity index (χ2n) is 3.48. The Bertz CT molecular complexity index is 419. The average Bonchev–Trinajstić information content (AvgIpc) is 2.74. The highest BCUT2D eigenvalue weighted by molar-refractivity contribution is 7.17. The molecule has 0 aromatic carbocycles. The van der Waals surface area contributed by atoms with Crippen LogP contribution in [0.2, 0.25) is 4.34 Å². The molecule has 1 atom stereocenters. The average molecular weight is 276 g/mol. The van der Waals surface area contributed by atoms with Gasteiger partial charge in [-0.3, -0.25) is 4.79 Å². The number of halogens is 1. The third-order valence-corrected chi connectivity index (χ3v) is 3.44. The van der Waals surface area contributed by atoms with Gasteiger partial charge in [0.1, 0.15) is 5.84 Å². The van der Waals surface area contributed by atoms with Crippen molar-refractivity contribution in [3.8, 4) is 0 Å². The zero-order valence-corrected chi connectivity index (χ0v) is 10.9. The van der Waals surface area contributed by atoms with Crippen molar-refractivity contribution in [2.45, 2.75) is 25.8 Å². The SMILES string of the molecule is CCC(CC(N)=NO)NC(=O)c1ccc(Cl)s1. The van der Waals surface area contributed by atoms with E-state index in [4.69, 9.17) is 22.5 Å². The van der Waals surface area contributed by atoms with Gasteiger partial charge in [0.05, 0.1) is 9.21 Å². The van der Waals surface area contributed by atoms with Crippen molar-refractivity contribution < 1.29 is 10.0 Å². The van der Waals surface area contributed by atoms with Crippen molar-refractivity contribution in [1.29, 1.82) is 0 Å². The number of amides is 1. The van der Waals surface area contributed by atoms with Crippen molar-refractivity contribution >= 4 is 34.7 Å². The predicted molar refractivity (Wildman–Crippen MR) is 68.9 cm³/mol. The molecule has 17 heavy (non-hydrogen) atoms. The Morgan fingerprint density at radius 1 is 1.71 bits per heavy atom. The molecule has 1 rings (SSSR count). The van der Waals surface area contributed by atoms with Crippen LogP contribution < -0.4 is 11.1 Å². The first-order valence-electron chi connectivity index (χ1n) is 5.09. The fourth-order valence-corrected chi connectivity index (χ4v) is 2.23. The number of nitrogens with two attached hydrogens (primary N) is 1. The molecule has 1 aromatic rings. The van der Waals surface area contributed by atoms with Crippen LogP contribution in [0.5, 0.6) is 0 Å². The summed E-state index contributed by atoms with van der Waals surface area (Å²) >= 11 is 6.96. The first-order valence-corrected chi connectivity index (χ1v) is 6.28. The lowest BCUT2D eigenvalue weighted by Crippen LogP contribution is -2.37. The van der Waals surface area contributed by atoms with Gasteiger partial charge in [-0.1, -0.05) is 23.7 Å². The molecular formula is C10H14ClN3O2S. The first kappa shape index (κ1) is 13.8. The third-order valence-electron chi connectivity index (χ3n) is 2.21. The van der Waals surface area contributed by atoms with E-state index in [2.05, 4.69) is 10.5 Å². The molecular weight excluding hydrogens is 262 g/mol. The predicted octanol–water partition coefficient (Wildman–Crippen LogP) is 2.05. The number of amidine groups is 1. The van der Waals surface area contributed by atoms with E-state index < -0.39 is 0 Å². The normalized spacial score (nSPS) is 13.4. The van der Waals surface area contributed by atoms with E-state index in [0.717, 1.165) is 0 Å². The molecule has 0 aliphatic rings. The van der Waals surface area contributed by atoms with Gasteiger partial charge in [0.15, 0.2) is 0 Å². The lowest BCUT2D eigenvalue weighted by molar-refractivity contribution is 0.0941. The van der Waals surface area contributed by atoms with E-state index in [1.165, 1.54) is 11.3 Å². The van der Waals surface area contributed by atoms with E-state index >= 15 is 0 Å². The van der Waals surface area contributed by atoms with Gasteiger partial charge in [-0.25, -0.2) is 0 Å². The first-order chi connectivity index (χ1) is 8.06. The number of hydrogen-bond donors (Lipinski definition) is 3. The monoisotopic (exact) mass is 275 g/mol. The summed E-state index contributed by atoms with van der Waals surface area (Å²) < 4.78 is 0.569. The number of hydrogen-bond acceptors (Lipinski definition) is 4. The standard InChI is InChI=1S/C10H14ClN3O2S/c1-2-6(5-9(12)14-16)13-10(15)7-3-4-8(11)17-7/h3-4,6,16H,2,5H2,1H3,(H2,12,14)(H,13,15). The summed E-state index contributed by atoms with van der Waals surface area (Å²) in [6, 6.07) is 3.18. The summed E-state index contributed by atoms with van der Waals surface area (Å²) in [4.78, 5) is 12.3. The second-order valence-corrected chi connectivity index (χ2v) is 5.19. The van der Waals surface area contributed by atoms with Gasteiger partial charge < -0.3 is 16.3 Å². The number of carbonyl (C=O) groups excluding carboxylic acids is 1. The van der Waals surface area contributed by atoms with Gasteiger partial charge in [-0.05, 0) is 18.6 Å². The Hall–Kier alpha value is -1.27. The molecule has 1 heterocycles. The summed E-state index contributed by atoms with van der Waals surface area (Å²) in [6.07, 6.45) is 1.01. The molecule has 5 nitrogen and oxygen atoms in total. The topological polar surface area (TPSA) is 87.7 Å². The zero-order valence-electron chi connectivity index (χ0n) is 9.31. The summed E-state index contributed by atoms with van der Waals surface area (Å²) in [5.74, 6) is -0.0964. The zero-order chi connectivity index (χ0) is 12.8. The Morgan fingerprint density at radius 3 is 2.88 bits per heavy atom. The van der Waals surface area contributed by atoms with Crippen LogP contribution in [-0.4, -0.2) is 23.0 Å². The molecule has 0 saturated carbocycles. The van der Waals surface area contributed by atoms with Gasteiger partial charge in [-0.15, -0.1) is 11.3 Å². The van der Waals surface area contributed by atoms with Crippen molar-refractivity contribution in [2.75, 3.05) is 0 Å². The number of thiophene rings is 1. The van der Waals surface area contributed by atoms with Gasteiger partial charge in [0.25, 0.3) is 5.91 Å². The van der Waals surface area contributed by atoms with Gasteiger partial charge >= 0.3 is 0 Å². The minimum atomic E-state index is -0.195. The summed E-state index contributed by atoms with van der Waals surface area (Å²) in [6.45, 7) is 1.91. The van der Waals surface area contributed by atoms with Gasteiger partial charge in [0, 0.05) is 12.5 Å². The van der Waals surface area contributed by atoms with E-state index in [9.17, 15) is 4.79 Å². The largest absolute Gasteiger partial charge is 0.409 e. The molecule has 4 N–H and O–H groups in total. The lowest BCUT2D eigenvalue weighted by Gasteiger charge is -2.15. The molecule has 0 radical (unpaired) electrons. The molecule has 0 aliphatic carbocycles. The van der Waals surface area contributed by atoms with Crippen molar-refractivity contribution in [3.05, 3.63) is 21.3 Å². The number of rotatable bonds is 5. The third kappa shape index (κ3) is 4.24. The van der Waals surface area contributed by atoms with Crippen molar-refractivity contribution in [3.63, 3.8) is 0 Å². The van der Waals surface area contributed by atoms with Gasteiger partial charge in [0.2, 0.25) is 0 Å². The molecule has 94 valence electrons. The van der Waals surface area contributed by atoms with E-state index in [1.54, 1.807) is 12.1 Å². The molecule has 0 saturated heterocycles. The number of nitrogens with one attached hydrogen (secondary N) is 1. The van der Waals surface area contributed by atoms with Crippen LogP contribution in [0, 0.1) is 0 Å². The second kappa shape index (κ2) is 6.46. The highest BCUT2D eigenvalue weighted by Crippen LogP contribution is 2.21. The van der Waals surface area contributed by atoms with Crippen molar-refractivity contribution in [1.82, 2.24) is 5.32 Å². The fraction of sp³-hybridized carbons (Fsp3) is 0.400. The molecule has 0 spiro atoms. The Balaban J connectivity index is 2.59.